The van der Waals surface area contributed by atoms with Gasteiger partial charge in [0.15, 0.2) is 5.82 Å². The normalized spacial score (nSPS) is 23.9. The number of para-hydroxylation sites is 1. The van der Waals surface area contributed by atoms with Crippen LogP contribution in [0.1, 0.15) is 26.2 Å². The lowest BCUT2D eigenvalue weighted by atomic mass is 10.1. The smallest absolute Gasteiger partial charge is 0.229 e. The number of nitrogens with one attached hydrogen (secondary N) is 2. The van der Waals surface area contributed by atoms with Gasteiger partial charge in [0.2, 0.25) is 11.8 Å². The molecular formula is C19H25N5O2. The minimum Gasteiger partial charge on any atom is -0.354 e. The van der Waals surface area contributed by atoms with E-state index in [0.717, 1.165) is 30.4 Å². The number of amides is 2. The van der Waals surface area contributed by atoms with E-state index in [1.165, 1.54) is 6.42 Å². The molecule has 1 aromatic heterocycles. The van der Waals surface area contributed by atoms with Crippen molar-refractivity contribution in [2.75, 3.05) is 31.1 Å². The largest absolute Gasteiger partial charge is 0.354 e. The number of fused-ring (bicyclic) bond motifs is 1. The molecule has 0 aliphatic carbocycles. The predicted octanol–water partition coefficient (Wildman–Crippen LogP) is 1.52. The zero-order valence-corrected chi connectivity index (χ0v) is 15.1. The van der Waals surface area contributed by atoms with Crippen LogP contribution in [0.2, 0.25) is 0 Å². The molecule has 1 aromatic carbocycles. The van der Waals surface area contributed by atoms with Crippen LogP contribution in [-0.2, 0) is 9.59 Å². The Morgan fingerprint density at radius 2 is 2.23 bits per heavy atom. The molecule has 138 valence electrons. The summed E-state index contributed by atoms with van der Waals surface area (Å²) in [6, 6.07) is 8.14. The first-order chi connectivity index (χ1) is 12.7. The van der Waals surface area contributed by atoms with Gasteiger partial charge >= 0.3 is 0 Å². The fourth-order valence-electron chi connectivity index (χ4n) is 4.15. The van der Waals surface area contributed by atoms with Crippen LogP contribution in [0.5, 0.6) is 0 Å². The maximum Gasteiger partial charge on any atom is 0.229 e. The average molecular weight is 355 g/mol. The minimum atomic E-state index is -0.311. The molecule has 2 saturated heterocycles. The number of carbonyl (C=O) groups is 2. The Bertz CT molecular complexity index is 817. The van der Waals surface area contributed by atoms with Crippen LogP contribution in [0.4, 0.5) is 5.82 Å². The van der Waals surface area contributed by atoms with E-state index in [1.807, 2.05) is 24.3 Å². The molecule has 2 N–H and O–H groups in total. The summed E-state index contributed by atoms with van der Waals surface area (Å²) < 4.78 is 0. The van der Waals surface area contributed by atoms with Crippen LogP contribution in [0.15, 0.2) is 24.3 Å². The van der Waals surface area contributed by atoms with Crippen molar-refractivity contribution in [3.05, 3.63) is 24.3 Å². The molecular weight excluding hydrogens is 330 g/mol. The third-order valence-electron chi connectivity index (χ3n) is 5.62. The van der Waals surface area contributed by atoms with Gasteiger partial charge in [0, 0.05) is 30.9 Å². The molecule has 0 bridgehead atoms. The van der Waals surface area contributed by atoms with Crippen LogP contribution in [0, 0.1) is 5.92 Å². The number of aromatic nitrogens is 2. The predicted molar refractivity (Wildman–Crippen MR) is 99.8 cm³/mol. The lowest BCUT2D eigenvalue weighted by molar-refractivity contribution is -0.126. The van der Waals surface area contributed by atoms with E-state index in [1.54, 1.807) is 4.90 Å². The standard InChI is InChI=1S/C19H25N5O2/c1-2-23-9-5-6-14(23)11-20-19(26)13-10-17(25)24(12-13)18-15-7-3-4-8-16(15)21-22-18/h3-4,7-8,13-14H,2,5-6,9-12H2,1H3,(H,20,26)(H,21,22)/t13-,14+/m0/s1. The molecule has 0 radical (unpaired) electrons. The molecule has 2 aromatic rings. The molecule has 26 heavy (non-hydrogen) atoms. The first-order valence-electron chi connectivity index (χ1n) is 9.42. The Morgan fingerprint density at radius 3 is 3.08 bits per heavy atom. The second-order valence-electron chi connectivity index (χ2n) is 7.17. The highest BCUT2D eigenvalue weighted by atomic mass is 16.2. The molecule has 0 spiro atoms. The van der Waals surface area contributed by atoms with Crippen molar-refractivity contribution in [1.29, 1.82) is 0 Å². The SMILES string of the molecule is CCN1CCC[C@@H]1CNC(=O)[C@H]1CC(=O)N(c2n[nH]c3ccccc23)C1. The molecule has 3 heterocycles. The van der Waals surface area contributed by atoms with E-state index >= 15 is 0 Å². The molecule has 2 atom stereocenters. The van der Waals surface area contributed by atoms with Crippen molar-refractivity contribution in [3.63, 3.8) is 0 Å². The van der Waals surface area contributed by atoms with Gasteiger partial charge < -0.3 is 5.32 Å². The summed E-state index contributed by atoms with van der Waals surface area (Å²) in [6.07, 6.45) is 2.56. The van der Waals surface area contributed by atoms with E-state index in [4.69, 9.17) is 0 Å². The van der Waals surface area contributed by atoms with E-state index in [9.17, 15) is 9.59 Å². The van der Waals surface area contributed by atoms with E-state index in [2.05, 4.69) is 27.3 Å². The zero-order valence-electron chi connectivity index (χ0n) is 15.1. The van der Waals surface area contributed by atoms with Crippen LogP contribution in [0.3, 0.4) is 0 Å². The van der Waals surface area contributed by atoms with Crippen LogP contribution in [-0.4, -0.2) is 59.1 Å². The Morgan fingerprint density at radius 1 is 1.38 bits per heavy atom. The number of likely N-dealkylation sites (tertiary alicyclic amines) is 1. The average Bonchev–Trinajstić information content (AvgIpc) is 3.37. The Kier molecular flexibility index (Phi) is 4.63. The van der Waals surface area contributed by atoms with E-state index < -0.39 is 0 Å². The number of aromatic amines is 1. The fourth-order valence-corrected chi connectivity index (χ4v) is 4.15. The summed E-state index contributed by atoms with van der Waals surface area (Å²) in [5.74, 6) is 0.241. The Balaban J connectivity index is 1.40. The second-order valence-corrected chi connectivity index (χ2v) is 7.17. The maximum atomic E-state index is 12.6. The van der Waals surface area contributed by atoms with Crippen molar-refractivity contribution < 1.29 is 9.59 Å². The van der Waals surface area contributed by atoms with Gasteiger partial charge in [-0.1, -0.05) is 19.1 Å². The molecule has 2 aliphatic heterocycles. The summed E-state index contributed by atoms with van der Waals surface area (Å²) in [7, 11) is 0. The summed E-state index contributed by atoms with van der Waals surface area (Å²) >= 11 is 0. The van der Waals surface area contributed by atoms with Gasteiger partial charge in [-0.25, -0.2) is 0 Å². The van der Waals surface area contributed by atoms with Gasteiger partial charge in [0.05, 0.1) is 11.4 Å². The Labute approximate surface area is 152 Å². The quantitative estimate of drug-likeness (QED) is 0.852. The molecule has 7 heteroatoms. The molecule has 2 amide bonds. The molecule has 2 aliphatic rings. The van der Waals surface area contributed by atoms with Crippen molar-refractivity contribution in [3.8, 4) is 0 Å². The number of benzene rings is 1. The lowest BCUT2D eigenvalue weighted by Crippen LogP contribution is -2.42. The van der Waals surface area contributed by atoms with Gasteiger partial charge in [-0.3, -0.25) is 24.5 Å². The number of H-pyrrole nitrogens is 1. The van der Waals surface area contributed by atoms with E-state index in [0.29, 0.717) is 24.9 Å². The third-order valence-corrected chi connectivity index (χ3v) is 5.62. The Hall–Kier alpha value is -2.41. The lowest BCUT2D eigenvalue weighted by Gasteiger charge is -2.23. The van der Waals surface area contributed by atoms with Gasteiger partial charge in [-0.05, 0) is 38.1 Å². The highest BCUT2D eigenvalue weighted by molar-refractivity contribution is 6.05. The molecule has 7 nitrogen and oxygen atoms in total. The van der Waals surface area contributed by atoms with Crippen LogP contribution in [0.25, 0.3) is 10.9 Å². The molecule has 2 fully saturated rings. The number of hydrogen-bond donors (Lipinski definition) is 2. The molecule has 0 unspecified atom stereocenters. The summed E-state index contributed by atoms with van der Waals surface area (Å²) in [4.78, 5) is 29.1. The van der Waals surface area contributed by atoms with Gasteiger partial charge in [-0.15, -0.1) is 0 Å². The first-order valence-corrected chi connectivity index (χ1v) is 9.42. The minimum absolute atomic E-state index is 0.0244. The molecule has 4 rings (SSSR count). The number of carbonyl (C=O) groups excluding carboxylic acids is 2. The number of nitrogens with zero attached hydrogens (tertiary/aromatic N) is 3. The van der Waals surface area contributed by atoms with Crippen molar-refractivity contribution >= 4 is 28.5 Å². The number of hydrogen-bond acceptors (Lipinski definition) is 4. The third kappa shape index (κ3) is 3.07. The summed E-state index contributed by atoms with van der Waals surface area (Å²) in [5, 5.41) is 11.2. The highest BCUT2D eigenvalue weighted by Crippen LogP contribution is 2.29. The first kappa shape index (κ1) is 17.0. The molecule has 0 saturated carbocycles. The highest BCUT2D eigenvalue weighted by Gasteiger charge is 2.37. The monoisotopic (exact) mass is 355 g/mol. The van der Waals surface area contributed by atoms with Crippen LogP contribution >= 0.6 is 0 Å². The van der Waals surface area contributed by atoms with Crippen molar-refractivity contribution in [1.82, 2.24) is 20.4 Å². The topological polar surface area (TPSA) is 81.3 Å². The summed E-state index contributed by atoms with van der Waals surface area (Å²) in [6.45, 7) is 5.34. The number of anilines is 1. The van der Waals surface area contributed by atoms with Gasteiger partial charge in [-0.2, -0.15) is 5.10 Å². The maximum absolute atomic E-state index is 12.6. The zero-order chi connectivity index (χ0) is 18.1. The van der Waals surface area contributed by atoms with Crippen molar-refractivity contribution in [2.24, 2.45) is 5.92 Å². The van der Waals surface area contributed by atoms with Crippen molar-refractivity contribution in [2.45, 2.75) is 32.2 Å². The summed E-state index contributed by atoms with van der Waals surface area (Å²) in [5.41, 5.74) is 0.893. The number of rotatable bonds is 5. The van der Waals surface area contributed by atoms with Gasteiger partial charge in [0.1, 0.15) is 0 Å². The van der Waals surface area contributed by atoms with Crippen LogP contribution < -0.4 is 10.2 Å². The van der Waals surface area contributed by atoms with Gasteiger partial charge in [0.25, 0.3) is 0 Å². The van der Waals surface area contributed by atoms with E-state index in [-0.39, 0.29) is 24.2 Å². The second kappa shape index (κ2) is 7.07. The number of likely N-dealkylation sites (N-methyl/N-ethyl adjacent to an activating group) is 1. The fraction of sp³-hybridized carbons (Fsp3) is 0.526.